The molecular weight excluding hydrogens is 440 g/mol. The van der Waals surface area contributed by atoms with E-state index in [1.54, 1.807) is 0 Å². The summed E-state index contributed by atoms with van der Waals surface area (Å²) in [5.41, 5.74) is 4.70. The van der Waals surface area contributed by atoms with Crippen molar-refractivity contribution in [3.63, 3.8) is 0 Å². The second kappa shape index (κ2) is 11.7. The van der Waals surface area contributed by atoms with Crippen LogP contribution < -0.4 is 10.6 Å². The van der Waals surface area contributed by atoms with Gasteiger partial charge in [-0.3, -0.25) is 0 Å². The van der Waals surface area contributed by atoms with Crippen molar-refractivity contribution in [1.82, 2.24) is 10.6 Å². The fraction of sp³-hybridized carbons (Fsp3) is 0.379. The Labute approximate surface area is 209 Å². The standard InChI is InChI=1S/C29H38N2O4/c1-20(2)22-13-15-24(16-14-22)28(5,6)30-26(32)34-17-10-18-35-27(33)31-29(7,8)25-12-9-11-23(19-25)21(3)4/h9,11-16,19H,1,3,10,17-18H2,2,4-8H3,(H,30,32)(H,31,33). The van der Waals surface area contributed by atoms with E-state index in [0.29, 0.717) is 6.42 Å². The van der Waals surface area contributed by atoms with E-state index in [9.17, 15) is 9.59 Å². The zero-order valence-electron chi connectivity index (χ0n) is 21.8. The normalized spacial score (nSPS) is 11.4. The highest BCUT2D eigenvalue weighted by Gasteiger charge is 2.25. The van der Waals surface area contributed by atoms with E-state index >= 15 is 0 Å². The Morgan fingerprint density at radius 3 is 1.71 bits per heavy atom. The molecule has 0 aromatic heterocycles. The van der Waals surface area contributed by atoms with Crippen molar-refractivity contribution in [1.29, 1.82) is 0 Å². The van der Waals surface area contributed by atoms with E-state index in [0.717, 1.165) is 33.4 Å². The second-order valence-corrected chi connectivity index (χ2v) is 9.84. The number of amides is 2. The molecule has 0 atom stereocenters. The summed E-state index contributed by atoms with van der Waals surface area (Å²) in [6.07, 6.45) is -0.665. The number of carbonyl (C=O) groups excluding carboxylic acids is 2. The first-order valence-corrected chi connectivity index (χ1v) is 11.7. The van der Waals surface area contributed by atoms with Gasteiger partial charge in [-0.05, 0) is 69.9 Å². The number of nitrogens with one attached hydrogen (secondary N) is 2. The van der Waals surface area contributed by atoms with Crippen molar-refractivity contribution in [2.75, 3.05) is 13.2 Å². The molecule has 0 spiro atoms. The predicted octanol–water partition coefficient (Wildman–Crippen LogP) is 6.77. The minimum absolute atomic E-state index is 0.132. The van der Waals surface area contributed by atoms with Crippen LogP contribution in [0.25, 0.3) is 11.1 Å². The summed E-state index contributed by atoms with van der Waals surface area (Å²) in [6, 6.07) is 15.8. The molecule has 0 bridgehead atoms. The average Bonchev–Trinajstić information content (AvgIpc) is 2.78. The number of allylic oxidation sites excluding steroid dienone is 2. The molecule has 2 N–H and O–H groups in total. The van der Waals surface area contributed by atoms with Crippen LogP contribution in [0.2, 0.25) is 0 Å². The Kier molecular flexibility index (Phi) is 9.29. The molecule has 0 heterocycles. The first kappa shape index (κ1) is 27.7. The molecule has 0 fully saturated rings. The predicted molar refractivity (Wildman–Crippen MR) is 142 cm³/mol. The number of carbonyl (C=O) groups is 2. The highest BCUT2D eigenvalue weighted by Crippen LogP contribution is 2.24. The Morgan fingerprint density at radius 2 is 1.23 bits per heavy atom. The lowest BCUT2D eigenvalue weighted by atomic mass is 9.92. The van der Waals surface area contributed by atoms with Crippen LogP contribution in [0.4, 0.5) is 9.59 Å². The highest BCUT2D eigenvalue weighted by atomic mass is 16.6. The number of alkyl carbamates (subject to hydrolysis) is 2. The van der Waals surface area contributed by atoms with Crippen molar-refractivity contribution >= 4 is 23.3 Å². The van der Waals surface area contributed by atoms with Crippen LogP contribution in [0, 0.1) is 0 Å². The molecule has 2 aromatic rings. The molecule has 0 unspecified atom stereocenters. The van der Waals surface area contributed by atoms with E-state index < -0.39 is 23.3 Å². The van der Waals surface area contributed by atoms with Gasteiger partial charge in [0.25, 0.3) is 0 Å². The molecule has 35 heavy (non-hydrogen) atoms. The third kappa shape index (κ3) is 8.32. The summed E-state index contributed by atoms with van der Waals surface area (Å²) in [7, 11) is 0. The Morgan fingerprint density at radius 1 is 0.743 bits per heavy atom. The average molecular weight is 479 g/mol. The number of hydrogen-bond donors (Lipinski definition) is 2. The molecule has 0 aliphatic heterocycles. The third-order valence-corrected chi connectivity index (χ3v) is 5.76. The monoisotopic (exact) mass is 478 g/mol. The maximum atomic E-state index is 12.3. The van der Waals surface area contributed by atoms with Gasteiger partial charge in [0.15, 0.2) is 0 Å². The fourth-order valence-electron chi connectivity index (χ4n) is 3.46. The van der Waals surface area contributed by atoms with Crippen LogP contribution >= 0.6 is 0 Å². The van der Waals surface area contributed by atoms with Gasteiger partial charge >= 0.3 is 12.2 Å². The first-order valence-electron chi connectivity index (χ1n) is 11.7. The van der Waals surface area contributed by atoms with Crippen molar-refractivity contribution < 1.29 is 19.1 Å². The quantitative estimate of drug-likeness (QED) is 0.370. The van der Waals surface area contributed by atoms with Crippen LogP contribution in [0.1, 0.15) is 70.2 Å². The van der Waals surface area contributed by atoms with Crippen molar-refractivity contribution in [3.8, 4) is 0 Å². The Bertz CT molecular complexity index is 1070. The minimum atomic E-state index is -0.618. The summed E-state index contributed by atoms with van der Waals surface area (Å²) < 4.78 is 10.5. The highest BCUT2D eigenvalue weighted by molar-refractivity contribution is 5.70. The molecule has 0 aliphatic carbocycles. The molecule has 2 aromatic carbocycles. The molecule has 0 aliphatic rings. The third-order valence-electron chi connectivity index (χ3n) is 5.76. The van der Waals surface area contributed by atoms with Crippen LogP contribution in [0.5, 0.6) is 0 Å². The van der Waals surface area contributed by atoms with Crippen LogP contribution in [0.3, 0.4) is 0 Å². The van der Waals surface area contributed by atoms with Gasteiger partial charge in [0, 0.05) is 6.42 Å². The lowest BCUT2D eigenvalue weighted by Gasteiger charge is -2.27. The largest absolute Gasteiger partial charge is 0.449 e. The van der Waals surface area contributed by atoms with E-state index in [1.165, 1.54) is 0 Å². The van der Waals surface area contributed by atoms with Crippen LogP contribution in [-0.4, -0.2) is 25.4 Å². The lowest BCUT2D eigenvalue weighted by Crippen LogP contribution is -2.42. The Hall–Kier alpha value is -3.54. The summed E-state index contributed by atoms with van der Waals surface area (Å²) in [5, 5.41) is 5.75. The van der Waals surface area contributed by atoms with Gasteiger partial charge in [-0.2, -0.15) is 0 Å². The van der Waals surface area contributed by atoms with E-state index in [4.69, 9.17) is 9.47 Å². The van der Waals surface area contributed by atoms with Gasteiger partial charge in [-0.25, -0.2) is 9.59 Å². The van der Waals surface area contributed by atoms with Crippen LogP contribution in [0.15, 0.2) is 61.7 Å². The summed E-state index contributed by atoms with van der Waals surface area (Å²) >= 11 is 0. The first-order chi connectivity index (χ1) is 16.3. The summed E-state index contributed by atoms with van der Waals surface area (Å²) in [4.78, 5) is 24.5. The number of hydrogen-bond acceptors (Lipinski definition) is 4. The van der Waals surface area contributed by atoms with Gasteiger partial charge < -0.3 is 20.1 Å². The number of ether oxygens (including phenoxy) is 2. The fourth-order valence-corrected chi connectivity index (χ4v) is 3.46. The second-order valence-electron chi connectivity index (χ2n) is 9.84. The van der Waals surface area contributed by atoms with Crippen molar-refractivity contribution in [3.05, 3.63) is 83.9 Å². The zero-order valence-corrected chi connectivity index (χ0v) is 21.8. The summed E-state index contributed by atoms with van der Waals surface area (Å²) in [5.74, 6) is 0. The molecule has 2 rings (SSSR count). The number of benzene rings is 2. The lowest BCUT2D eigenvalue weighted by molar-refractivity contribution is 0.110. The van der Waals surface area contributed by atoms with Gasteiger partial charge in [0.05, 0.1) is 24.3 Å². The topological polar surface area (TPSA) is 76.7 Å². The SMILES string of the molecule is C=C(C)c1ccc(C(C)(C)NC(=O)OCCCOC(=O)NC(C)(C)c2cccc(C(=C)C)c2)cc1. The maximum absolute atomic E-state index is 12.3. The Balaban J connectivity index is 1.74. The van der Waals surface area contributed by atoms with Gasteiger partial charge in [0.1, 0.15) is 0 Å². The molecule has 2 amide bonds. The minimum Gasteiger partial charge on any atom is -0.449 e. The molecule has 0 saturated carbocycles. The molecule has 6 heteroatoms. The molecule has 0 saturated heterocycles. The summed E-state index contributed by atoms with van der Waals surface area (Å²) in [6.45, 7) is 19.7. The van der Waals surface area contributed by atoms with Crippen molar-refractivity contribution in [2.24, 2.45) is 0 Å². The molecule has 0 radical (unpaired) electrons. The van der Waals surface area contributed by atoms with Gasteiger partial charge in [0.2, 0.25) is 0 Å². The molecule has 188 valence electrons. The van der Waals surface area contributed by atoms with Gasteiger partial charge in [-0.1, -0.05) is 66.8 Å². The zero-order chi connectivity index (χ0) is 26.2. The van der Waals surface area contributed by atoms with E-state index in [1.807, 2.05) is 90.1 Å². The van der Waals surface area contributed by atoms with E-state index in [-0.39, 0.29) is 13.2 Å². The van der Waals surface area contributed by atoms with Crippen molar-refractivity contribution in [2.45, 2.75) is 59.0 Å². The molecular formula is C29H38N2O4. The van der Waals surface area contributed by atoms with Gasteiger partial charge in [-0.15, -0.1) is 0 Å². The van der Waals surface area contributed by atoms with Crippen LogP contribution in [-0.2, 0) is 20.6 Å². The smallest absolute Gasteiger partial charge is 0.407 e. The maximum Gasteiger partial charge on any atom is 0.407 e. The molecule has 6 nitrogen and oxygen atoms in total. The van der Waals surface area contributed by atoms with E-state index in [2.05, 4.69) is 23.8 Å². The number of rotatable bonds is 10.